The molecule has 0 N–H and O–H groups in total. The molecule has 50 heavy (non-hydrogen) atoms. The van der Waals surface area contributed by atoms with Gasteiger partial charge in [0.15, 0.2) is 0 Å². The number of benzene rings is 9. The second-order valence-corrected chi connectivity index (χ2v) is 12.9. The van der Waals surface area contributed by atoms with Gasteiger partial charge in [0, 0.05) is 16.8 Å². The van der Waals surface area contributed by atoms with Gasteiger partial charge in [-0.15, -0.1) is 0 Å². The van der Waals surface area contributed by atoms with Crippen molar-refractivity contribution in [2.75, 3.05) is 4.90 Å². The number of para-hydroxylation sites is 1. The van der Waals surface area contributed by atoms with Gasteiger partial charge in [0.2, 0.25) is 0 Å². The Bertz CT molecular complexity index is 2870. The molecule has 0 aliphatic carbocycles. The van der Waals surface area contributed by atoms with Crippen molar-refractivity contribution < 1.29 is 4.42 Å². The van der Waals surface area contributed by atoms with E-state index < -0.39 is 0 Å². The van der Waals surface area contributed by atoms with Crippen LogP contribution < -0.4 is 4.90 Å². The van der Waals surface area contributed by atoms with E-state index in [1.807, 2.05) is 12.1 Å². The highest BCUT2D eigenvalue weighted by molar-refractivity contribution is 6.13. The van der Waals surface area contributed by atoms with Gasteiger partial charge >= 0.3 is 0 Å². The lowest BCUT2D eigenvalue weighted by molar-refractivity contribution is 0.669. The first-order chi connectivity index (χ1) is 24.8. The van der Waals surface area contributed by atoms with Gasteiger partial charge in [-0.2, -0.15) is 0 Å². The lowest BCUT2D eigenvalue weighted by atomic mass is 9.97. The molecule has 10 rings (SSSR count). The fraction of sp³-hybridized carbons (Fsp3) is 0. The molecule has 0 aliphatic rings. The summed E-state index contributed by atoms with van der Waals surface area (Å²) < 4.78 is 6.37. The molecule has 0 radical (unpaired) electrons. The molecule has 1 heterocycles. The third-order valence-electron chi connectivity index (χ3n) is 10.0. The number of hydrogen-bond acceptors (Lipinski definition) is 2. The van der Waals surface area contributed by atoms with Crippen molar-refractivity contribution in [3.63, 3.8) is 0 Å². The van der Waals surface area contributed by atoms with Crippen LogP contribution in [0.2, 0.25) is 0 Å². The zero-order chi connectivity index (χ0) is 33.0. The minimum Gasteiger partial charge on any atom is -0.456 e. The molecular weight excluding hydrogens is 607 g/mol. The molecule has 2 nitrogen and oxygen atoms in total. The molecule has 10 aromatic rings. The van der Waals surface area contributed by atoms with Crippen LogP contribution >= 0.6 is 0 Å². The maximum absolute atomic E-state index is 6.37. The third-order valence-corrected chi connectivity index (χ3v) is 10.0. The Kier molecular flexibility index (Phi) is 6.53. The van der Waals surface area contributed by atoms with Crippen LogP contribution in [0.25, 0.3) is 76.5 Å². The summed E-state index contributed by atoms with van der Waals surface area (Å²) in [5.41, 5.74) is 9.77. The Morgan fingerprint density at radius 3 is 1.86 bits per heavy atom. The molecule has 2 heteroatoms. The summed E-state index contributed by atoms with van der Waals surface area (Å²) >= 11 is 0. The van der Waals surface area contributed by atoms with Gasteiger partial charge in [-0.3, -0.25) is 0 Å². The number of anilines is 3. The molecule has 0 spiro atoms. The largest absolute Gasteiger partial charge is 0.456 e. The summed E-state index contributed by atoms with van der Waals surface area (Å²) in [6, 6.07) is 67.6. The van der Waals surface area contributed by atoms with Crippen LogP contribution in [0.5, 0.6) is 0 Å². The zero-order valence-electron chi connectivity index (χ0n) is 27.3. The van der Waals surface area contributed by atoms with Gasteiger partial charge < -0.3 is 9.32 Å². The molecule has 0 unspecified atom stereocenters. The highest BCUT2D eigenvalue weighted by atomic mass is 16.3. The van der Waals surface area contributed by atoms with Crippen molar-refractivity contribution in [3.05, 3.63) is 188 Å². The number of nitrogens with zero attached hydrogens (tertiary/aromatic N) is 1. The lowest BCUT2D eigenvalue weighted by Crippen LogP contribution is -2.10. The van der Waals surface area contributed by atoms with Gasteiger partial charge in [-0.1, -0.05) is 140 Å². The van der Waals surface area contributed by atoms with Crippen molar-refractivity contribution in [1.82, 2.24) is 0 Å². The quantitative estimate of drug-likeness (QED) is 0.175. The minimum atomic E-state index is 0.874. The van der Waals surface area contributed by atoms with E-state index in [1.165, 1.54) is 54.6 Å². The fourth-order valence-corrected chi connectivity index (χ4v) is 7.65. The van der Waals surface area contributed by atoms with Crippen LogP contribution in [-0.4, -0.2) is 0 Å². The van der Waals surface area contributed by atoms with Crippen molar-refractivity contribution >= 4 is 71.3 Å². The Morgan fingerprint density at radius 2 is 0.980 bits per heavy atom. The standard InChI is InChI=1S/C48H31NO/c1-3-15-40-33(10-1)12-8-18-42(40)36-13-7-14-39(31-36)49(45-19-9-21-47-48(45)44-17-5-6-20-46(44)50-47)38-27-24-32(25-28-38)35-26-29-43-37(30-35)23-22-34-11-2-4-16-41(34)43/h1-31H. The molecule has 1 aromatic heterocycles. The molecule has 0 fully saturated rings. The molecule has 0 saturated carbocycles. The summed E-state index contributed by atoms with van der Waals surface area (Å²) in [6.45, 7) is 0. The van der Waals surface area contributed by atoms with Gasteiger partial charge in [0.05, 0.1) is 11.1 Å². The van der Waals surface area contributed by atoms with Crippen LogP contribution in [0.4, 0.5) is 17.1 Å². The van der Waals surface area contributed by atoms with E-state index in [0.717, 1.165) is 39.0 Å². The normalized spacial score (nSPS) is 11.6. The van der Waals surface area contributed by atoms with Gasteiger partial charge in [0.25, 0.3) is 0 Å². The van der Waals surface area contributed by atoms with E-state index in [9.17, 15) is 0 Å². The van der Waals surface area contributed by atoms with Crippen LogP contribution in [0, 0.1) is 0 Å². The third kappa shape index (κ3) is 4.65. The van der Waals surface area contributed by atoms with Crippen molar-refractivity contribution in [1.29, 1.82) is 0 Å². The number of fused-ring (bicyclic) bond motifs is 7. The number of hydrogen-bond donors (Lipinski definition) is 0. The summed E-state index contributed by atoms with van der Waals surface area (Å²) in [6.07, 6.45) is 0. The van der Waals surface area contributed by atoms with E-state index >= 15 is 0 Å². The average Bonchev–Trinajstić information content (AvgIpc) is 3.57. The molecule has 0 atom stereocenters. The number of furan rings is 1. The van der Waals surface area contributed by atoms with Crippen molar-refractivity contribution in [2.24, 2.45) is 0 Å². The summed E-state index contributed by atoms with van der Waals surface area (Å²) in [4.78, 5) is 2.37. The first-order valence-electron chi connectivity index (χ1n) is 17.1. The maximum atomic E-state index is 6.37. The smallest absolute Gasteiger partial charge is 0.137 e. The van der Waals surface area contributed by atoms with Gasteiger partial charge in [-0.25, -0.2) is 0 Å². The van der Waals surface area contributed by atoms with Gasteiger partial charge in [-0.05, 0) is 103 Å². The van der Waals surface area contributed by atoms with E-state index in [-0.39, 0.29) is 0 Å². The fourth-order valence-electron chi connectivity index (χ4n) is 7.65. The van der Waals surface area contributed by atoms with Crippen LogP contribution in [0.3, 0.4) is 0 Å². The lowest BCUT2D eigenvalue weighted by Gasteiger charge is -2.27. The Morgan fingerprint density at radius 1 is 0.340 bits per heavy atom. The van der Waals surface area contributed by atoms with E-state index in [1.54, 1.807) is 0 Å². The highest BCUT2D eigenvalue weighted by Gasteiger charge is 2.20. The van der Waals surface area contributed by atoms with Crippen LogP contribution in [0.1, 0.15) is 0 Å². The van der Waals surface area contributed by atoms with Crippen molar-refractivity contribution in [2.45, 2.75) is 0 Å². The molecular formula is C48H31NO. The Hall–Kier alpha value is -6.64. The first kappa shape index (κ1) is 28.4. The van der Waals surface area contributed by atoms with Crippen LogP contribution in [0.15, 0.2) is 192 Å². The van der Waals surface area contributed by atoms with Gasteiger partial charge in [0.1, 0.15) is 11.2 Å². The highest BCUT2D eigenvalue weighted by Crippen LogP contribution is 2.44. The first-order valence-corrected chi connectivity index (χ1v) is 17.1. The zero-order valence-corrected chi connectivity index (χ0v) is 27.3. The van der Waals surface area contributed by atoms with E-state index in [0.29, 0.717) is 0 Å². The average molecular weight is 638 g/mol. The SMILES string of the molecule is c1cc(-c2cccc3ccccc23)cc(N(c2ccc(-c3ccc4c(ccc5ccccc54)c3)cc2)c2cccc3oc4ccccc4c23)c1. The monoisotopic (exact) mass is 637 g/mol. The predicted octanol–water partition coefficient (Wildman–Crippen LogP) is 13.8. The molecule has 0 amide bonds. The second-order valence-electron chi connectivity index (χ2n) is 12.9. The molecule has 0 bridgehead atoms. The molecule has 0 saturated heterocycles. The maximum Gasteiger partial charge on any atom is 0.137 e. The summed E-state index contributed by atoms with van der Waals surface area (Å²) in [7, 11) is 0. The van der Waals surface area contributed by atoms with Crippen LogP contribution in [-0.2, 0) is 0 Å². The van der Waals surface area contributed by atoms with Crippen molar-refractivity contribution in [3.8, 4) is 22.3 Å². The molecule has 0 aliphatic heterocycles. The summed E-state index contributed by atoms with van der Waals surface area (Å²) in [5.74, 6) is 0. The predicted molar refractivity (Wildman–Crippen MR) is 212 cm³/mol. The van der Waals surface area contributed by atoms with E-state index in [2.05, 4.69) is 181 Å². The minimum absolute atomic E-state index is 0.874. The number of rotatable bonds is 5. The Labute approximate surface area is 290 Å². The Balaban J connectivity index is 1.13. The topological polar surface area (TPSA) is 16.4 Å². The molecule has 9 aromatic carbocycles. The summed E-state index contributed by atoms with van der Waals surface area (Å²) in [5, 5.41) is 9.76. The second kappa shape index (κ2) is 11.5. The molecule has 234 valence electrons. The van der Waals surface area contributed by atoms with E-state index in [4.69, 9.17) is 4.42 Å².